The smallest absolute Gasteiger partial charge is 0.262 e. The molecule has 0 aliphatic carbocycles. The molecule has 236 valence electrons. The maximum Gasteiger partial charge on any atom is 0.262 e. The molecule has 1 heterocycles. The number of anilines is 4. The predicted octanol–water partition coefficient (Wildman–Crippen LogP) is 5.35. The number of benzene rings is 4. The van der Waals surface area contributed by atoms with E-state index in [2.05, 4.69) is 14.8 Å². The Kier molecular flexibility index (Phi) is 9.53. The fourth-order valence-corrected chi connectivity index (χ4v) is 7.19. The number of hydrogen-bond acceptors (Lipinski definition) is 8. The summed E-state index contributed by atoms with van der Waals surface area (Å²) >= 11 is 6.18. The highest BCUT2D eigenvalue weighted by molar-refractivity contribution is 7.93. The van der Waals surface area contributed by atoms with Crippen molar-refractivity contribution in [2.45, 2.75) is 16.7 Å². The van der Waals surface area contributed by atoms with Crippen LogP contribution >= 0.6 is 11.6 Å². The van der Waals surface area contributed by atoms with Gasteiger partial charge in [-0.2, -0.15) is 0 Å². The Morgan fingerprint density at radius 1 is 0.800 bits per heavy atom. The summed E-state index contributed by atoms with van der Waals surface area (Å²) in [6, 6.07) is 21.6. The number of ether oxygens (including phenoxy) is 2. The van der Waals surface area contributed by atoms with E-state index in [1.54, 1.807) is 55.5 Å². The van der Waals surface area contributed by atoms with Crippen LogP contribution in [0.25, 0.3) is 0 Å². The van der Waals surface area contributed by atoms with Gasteiger partial charge in [0.2, 0.25) is 0 Å². The van der Waals surface area contributed by atoms with Crippen LogP contribution in [0.4, 0.5) is 22.7 Å². The number of para-hydroxylation sites is 3. The monoisotopic (exact) mass is 670 g/mol. The molecule has 0 aromatic heterocycles. The van der Waals surface area contributed by atoms with Crippen molar-refractivity contribution in [1.82, 2.24) is 0 Å². The minimum absolute atomic E-state index is 0.0910. The summed E-state index contributed by atoms with van der Waals surface area (Å²) in [6.45, 7) is 3.64. The summed E-state index contributed by atoms with van der Waals surface area (Å²) < 4.78 is 69.0. The number of amides is 1. The maximum absolute atomic E-state index is 13.7. The second kappa shape index (κ2) is 13.4. The van der Waals surface area contributed by atoms with Crippen LogP contribution in [0.2, 0.25) is 5.02 Å². The first-order valence-electron chi connectivity index (χ1n) is 13.8. The van der Waals surface area contributed by atoms with E-state index in [1.807, 2.05) is 4.90 Å². The molecule has 0 bridgehead atoms. The second-order valence-electron chi connectivity index (χ2n) is 10.1. The molecule has 0 spiro atoms. The second-order valence-corrected chi connectivity index (χ2v) is 13.9. The van der Waals surface area contributed by atoms with Crippen molar-refractivity contribution in [3.8, 4) is 5.75 Å². The lowest BCUT2D eigenvalue weighted by Gasteiger charge is -2.31. The van der Waals surface area contributed by atoms with Crippen LogP contribution in [0.1, 0.15) is 15.9 Å². The molecule has 11 nitrogen and oxygen atoms in total. The highest BCUT2D eigenvalue weighted by Gasteiger charge is 2.24. The number of nitrogens with one attached hydrogen (secondary N) is 3. The van der Waals surface area contributed by atoms with E-state index < -0.39 is 26.0 Å². The van der Waals surface area contributed by atoms with E-state index in [-0.39, 0.29) is 37.4 Å². The van der Waals surface area contributed by atoms with Crippen molar-refractivity contribution in [3.63, 3.8) is 0 Å². The molecule has 1 saturated heterocycles. The quantitative estimate of drug-likeness (QED) is 0.205. The zero-order chi connectivity index (χ0) is 32.2. The molecule has 1 amide bonds. The molecule has 4 aromatic rings. The third-order valence-corrected chi connectivity index (χ3v) is 10.2. The number of halogens is 1. The number of methoxy groups -OCH3 is 1. The molecule has 5 rings (SSSR count). The molecule has 0 unspecified atom stereocenters. The highest BCUT2D eigenvalue weighted by Crippen LogP contribution is 2.33. The summed E-state index contributed by atoms with van der Waals surface area (Å²) in [5, 5.41) is 3.05. The molecule has 45 heavy (non-hydrogen) atoms. The molecule has 14 heteroatoms. The third-order valence-electron chi connectivity index (χ3n) is 7.11. The first kappa shape index (κ1) is 32.1. The molecule has 3 N–H and O–H groups in total. The van der Waals surface area contributed by atoms with Crippen molar-refractivity contribution in [2.75, 3.05) is 53.1 Å². The van der Waals surface area contributed by atoms with Gasteiger partial charge >= 0.3 is 0 Å². The summed E-state index contributed by atoms with van der Waals surface area (Å²) in [5.41, 5.74) is 1.86. The number of hydrogen-bond donors (Lipinski definition) is 3. The Bertz CT molecular complexity index is 1950. The predicted molar refractivity (Wildman–Crippen MR) is 175 cm³/mol. The van der Waals surface area contributed by atoms with E-state index >= 15 is 0 Å². The number of morpholine rings is 1. The Hall–Kier alpha value is -4.30. The van der Waals surface area contributed by atoms with E-state index in [9.17, 15) is 21.6 Å². The van der Waals surface area contributed by atoms with E-state index in [0.29, 0.717) is 43.3 Å². The molecule has 1 aliphatic heterocycles. The molecular weight excluding hydrogens is 640 g/mol. The zero-order valence-electron chi connectivity index (χ0n) is 24.4. The van der Waals surface area contributed by atoms with Crippen molar-refractivity contribution in [2.24, 2.45) is 0 Å². The number of rotatable bonds is 10. The lowest BCUT2D eigenvalue weighted by atomic mass is 10.1. The maximum atomic E-state index is 13.7. The number of carbonyl (C=O) groups excluding carboxylic acids is 1. The summed E-state index contributed by atoms with van der Waals surface area (Å²) in [4.78, 5) is 15.5. The molecule has 0 saturated carbocycles. The molecule has 1 aliphatic rings. The SMILES string of the molecule is COc1ccccc1NS(=O)(=O)c1ccc(C)c(C(=O)Nc2cc(S(=O)(=O)Nc3ccccc3Cl)ccc2N2CCOCC2)c1. The van der Waals surface area contributed by atoms with Gasteiger partial charge in [0.25, 0.3) is 26.0 Å². The van der Waals surface area contributed by atoms with Gasteiger partial charge in [0.15, 0.2) is 0 Å². The molecule has 4 aromatic carbocycles. The Morgan fingerprint density at radius 3 is 2.09 bits per heavy atom. The van der Waals surface area contributed by atoms with Crippen LogP contribution in [-0.4, -0.2) is 56.2 Å². The van der Waals surface area contributed by atoms with E-state index in [4.69, 9.17) is 21.1 Å². The van der Waals surface area contributed by atoms with Crippen LogP contribution in [0.3, 0.4) is 0 Å². The van der Waals surface area contributed by atoms with Crippen LogP contribution in [0, 0.1) is 6.92 Å². The largest absolute Gasteiger partial charge is 0.495 e. The van der Waals surface area contributed by atoms with Gasteiger partial charge in [-0.25, -0.2) is 16.8 Å². The van der Waals surface area contributed by atoms with Gasteiger partial charge in [0.1, 0.15) is 5.75 Å². The van der Waals surface area contributed by atoms with Gasteiger partial charge in [-0.3, -0.25) is 14.2 Å². The molecule has 1 fully saturated rings. The van der Waals surface area contributed by atoms with Gasteiger partial charge in [-0.05, 0) is 67.1 Å². The fraction of sp³-hybridized carbons (Fsp3) is 0.194. The number of nitrogens with zero attached hydrogens (tertiary/aromatic N) is 1. The van der Waals surface area contributed by atoms with Gasteiger partial charge in [-0.15, -0.1) is 0 Å². The van der Waals surface area contributed by atoms with Crippen molar-refractivity contribution in [1.29, 1.82) is 0 Å². The number of aryl methyl sites for hydroxylation is 1. The summed E-state index contributed by atoms with van der Waals surface area (Å²) in [5.74, 6) is -0.286. The lowest BCUT2D eigenvalue weighted by Crippen LogP contribution is -2.36. The fourth-order valence-electron chi connectivity index (χ4n) is 4.75. The Morgan fingerprint density at radius 2 is 1.40 bits per heavy atom. The molecule has 0 radical (unpaired) electrons. The lowest BCUT2D eigenvalue weighted by molar-refractivity contribution is 0.102. The topological polar surface area (TPSA) is 143 Å². The van der Waals surface area contributed by atoms with Gasteiger partial charge in [-0.1, -0.05) is 41.9 Å². The summed E-state index contributed by atoms with van der Waals surface area (Å²) in [6.07, 6.45) is 0. The van der Waals surface area contributed by atoms with Crippen molar-refractivity contribution >= 4 is 60.3 Å². The van der Waals surface area contributed by atoms with Crippen LogP contribution < -0.4 is 24.4 Å². The molecule has 0 atom stereocenters. The number of carbonyl (C=O) groups is 1. The average Bonchev–Trinajstić information content (AvgIpc) is 3.02. The van der Waals surface area contributed by atoms with Crippen molar-refractivity contribution in [3.05, 3.63) is 101 Å². The summed E-state index contributed by atoms with van der Waals surface area (Å²) in [7, 11) is -6.78. The Labute approximate surface area is 267 Å². The minimum atomic E-state index is -4.11. The number of sulfonamides is 2. The van der Waals surface area contributed by atoms with Crippen LogP contribution in [0.5, 0.6) is 5.75 Å². The first-order valence-corrected chi connectivity index (χ1v) is 17.1. The van der Waals surface area contributed by atoms with Gasteiger partial charge in [0.05, 0.1) is 57.9 Å². The molecular formula is C31H31ClN4O7S2. The first-order chi connectivity index (χ1) is 21.5. The highest BCUT2D eigenvalue weighted by atomic mass is 35.5. The minimum Gasteiger partial charge on any atom is -0.495 e. The zero-order valence-corrected chi connectivity index (χ0v) is 26.8. The normalized spacial score (nSPS) is 13.6. The standard InChI is InChI=1S/C31H31ClN4O7S2/c1-21-11-12-22(44(38,39)35-27-9-5-6-10-30(27)42-2)19-24(21)31(37)33-28-20-23(13-14-29(28)36-15-17-43-18-16-36)45(40,41)34-26-8-4-3-7-25(26)32/h3-14,19-20,34-35H,15-18H2,1-2H3,(H,33,37). The Balaban J connectivity index is 1.48. The van der Waals surface area contributed by atoms with Crippen LogP contribution in [0.15, 0.2) is 94.7 Å². The third kappa shape index (κ3) is 7.34. The van der Waals surface area contributed by atoms with E-state index in [1.165, 1.54) is 43.5 Å². The van der Waals surface area contributed by atoms with Crippen LogP contribution in [-0.2, 0) is 24.8 Å². The van der Waals surface area contributed by atoms with Gasteiger partial charge in [0, 0.05) is 18.7 Å². The average molecular weight is 671 g/mol. The van der Waals surface area contributed by atoms with Gasteiger partial charge < -0.3 is 19.7 Å². The van der Waals surface area contributed by atoms with E-state index in [0.717, 1.165) is 0 Å². The van der Waals surface area contributed by atoms with Crippen molar-refractivity contribution < 1.29 is 31.1 Å².